The zero-order valence-electron chi connectivity index (χ0n) is 29.2. The lowest BCUT2D eigenvalue weighted by molar-refractivity contribution is -0.304. The van der Waals surface area contributed by atoms with Gasteiger partial charge < -0.3 is 54.6 Å². The molecule has 15 heteroatoms. The number of rotatable bonds is 10. The van der Waals surface area contributed by atoms with E-state index in [2.05, 4.69) is 5.32 Å². The highest BCUT2D eigenvalue weighted by Gasteiger charge is 2.53. The number of nitrogens with zero attached hydrogens (tertiary/aromatic N) is 1. The van der Waals surface area contributed by atoms with Crippen LogP contribution in [0.1, 0.15) is 61.7 Å². The van der Waals surface area contributed by atoms with Gasteiger partial charge in [-0.3, -0.25) is 9.59 Å². The number of hydrogen-bond acceptors (Lipinski definition) is 12. The molecule has 6 N–H and O–H groups in total. The first-order valence-corrected chi connectivity index (χ1v) is 15.7. The summed E-state index contributed by atoms with van der Waals surface area (Å²) in [6.07, 6.45) is -4.04. The van der Waals surface area contributed by atoms with Crippen LogP contribution in [0.15, 0.2) is 45.1 Å². The van der Waals surface area contributed by atoms with Crippen LogP contribution in [0.2, 0.25) is 0 Å². The van der Waals surface area contributed by atoms with Crippen molar-refractivity contribution >= 4 is 34.6 Å². The second-order valence-electron chi connectivity index (χ2n) is 12.9. The summed E-state index contributed by atoms with van der Waals surface area (Å²) in [5.74, 6) is -1.58. The van der Waals surface area contributed by atoms with Gasteiger partial charge in [0.25, 0.3) is 5.91 Å². The Morgan fingerprint density at radius 2 is 1.76 bits per heavy atom. The summed E-state index contributed by atoms with van der Waals surface area (Å²) in [7, 11) is 2.92. The molecular formula is C35H43N3O12. The first-order chi connectivity index (χ1) is 23.4. The van der Waals surface area contributed by atoms with Crippen LogP contribution in [-0.4, -0.2) is 82.5 Å². The lowest BCUT2D eigenvalue weighted by atomic mass is 9.89. The van der Waals surface area contributed by atoms with Crippen LogP contribution >= 0.6 is 0 Å². The number of aliphatic hydroxyl groups is 1. The van der Waals surface area contributed by atoms with E-state index in [4.69, 9.17) is 29.1 Å². The van der Waals surface area contributed by atoms with Crippen LogP contribution in [0.4, 0.5) is 10.5 Å². The van der Waals surface area contributed by atoms with Crippen LogP contribution in [0.3, 0.4) is 0 Å². The van der Waals surface area contributed by atoms with Gasteiger partial charge in [0, 0.05) is 44.3 Å². The quantitative estimate of drug-likeness (QED) is 0.152. The van der Waals surface area contributed by atoms with Gasteiger partial charge in [0.15, 0.2) is 23.6 Å². The molecule has 2 heterocycles. The fourth-order valence-electron chi connectivity index (χ4n) is 5.71. The van der Waals surface area contributed by atoms with Crippen molar-refractivity contribution in [1.82, 2.24) is 4.90 Å². The molecule has 270 valence electrons. The number of nitrogens with one attached hydrogen (secondary N) is 1. The van der Waals surface area contributed by atoms with Crippen molar-refractivity contribution in [3.8, 4) is 17.2 Å². The van der Waals surface area contributed by atoms with E-state index in [1.54, 1.807) is 20.9 Å². The molecule has 0 bridgehead atoms. The van der Waals surface area contributed by atoms with E-state index in [0.29, 0.717) is 17.5 Å². The van der Waals surface area contributed by atoms with Gasteiger partial charge in [-0.05, 0) is 70.9 Å². The second-order valence-corrected chi connectivity index (χ2v) is 12.9. The fourth-order valence-corrected chi connectivity index (χ4v) is 5.71. The second kappa shape index (κ2) is 14.8. The van der Waals surface area contributed by atoms with E-state index in [0.717, 1.165) is 5.57 Å². The Balaban J connectivity index is 1.67. The molecule has 4 atom stereocenters. The minimum atomic E-state index is -1.54. The Hall–Kier alpha value is -5.12. The number of phenols is 1. The third-order valence-electron chi connectivity index (χ3n) is 8.46. The molecule has 1 fully saturated rings. The molecule has 1 aliphatic rings. The molecule has 0 saturated carbocycles. The topological polar surface area (TPSA) is 220 Å². The Labute approximate surface area is 288 Å². The highest BCUT2D eigenvalue weighted by atomic mass is 16.7. The van der Waals surface area contributed by atoms with Crippen molar-refractivity contribution in [2.75, 3.05) is 19.5 Å². The molecule has 1 saturated heterocycles. The van der Waals surface area contributed by atoms with E-state index in [1.165, 1.54) is 50.1 Å². The molecule has 1 aromatic heterocycles. The highest BCUT2D eigenvalue weighted by Crippen LogP contribution is 2.39. The number of carbonyl (C=O) groups is 3. The Morgan fingerprint density at radius 3 is 2.36 bits per heavy atom. The van der Waals surface area contributed by atoms with Gasteiger partial charge in [0.2, 0.25) is 12.2 Å². The van der Waals surface area contributed by atoms with E-state index in [1.807, 2.05) is 19.9 Å². The van der Waals surface area contributed by atoms with Crippen molar-refractivity contribution in [3.63, 3.8) is 0 Å². The van der Waals surface area contributed by atoms with Gasteiger partial charge >= 0.3 is 11.7 Å². The maximum atomic E-state index is 13.5. The molecule has 3 amide bonds. The number of nitrogens with two attached hydrogens (primary N) is 1. The average molecular weight is 698 g/mol. The number of primary amides is 1. The fraction of sp³-hybridized carbons (Fsp3) is 0.429. The molecule has 0 radical (unpaired) electrons. The molecule has 3 aromatic rings. The summed E-state index contributed by atoms with van der Waals surface area (Å²) in [5.41, 5.74) is 4.45. The lowest BCUT2D eigenvalue weighted by Gasteiger charge is -2.47. The molecule has 0 aliphatic carbocycles. The number of aliphatic hydroxyl groups excluding tert-OH is 1. The Morgan fingerprint density at radius 1 is 1.10 bits per heavy atom. The number of amides is 3. The summed E-state index contributed by atoms with van der Waals surface area (Å²) < 4.78 is 28.0. The van der Waals surface area contributed by atoms with Gasteiger partial charge in [-0.15, -0.1) is 0 Å². The van der Waals surface area contributed by atoms with Crippen molar-refractivity contribution in [2.45, 2.75) is 84.7 Å². The highest BCUT2D eigenvalue weighted by molar-refractivity contribution is 6.07. The minimum absolute atomic E-state index is 0.0172. The molecular weight excluding hydrogens is 654 g/mol. The predicted molar refractivity (Wildman–Crippen MR) is 181 cm³/mol. The van der Waals surface area contributed by atoms with E-state index in [-0.39, 0.29) is 46.0 Å². The largest absolute Gasteiger partial charge is 0.507 e. The zero-order chi connectivity index (χ0) is 37.2. The van der Waals surface area contributed by atoms with E-state index >= 15 is 0 Å². The SMILES string of the molecule is CO[C@@H]1[C@@H](OC(N)=O)[C@@H](O)[C@H](Oc2ccc3c(O)c(NC(=O)c4cc(CC=C(C)C)c(O)c(CN(C)C(C)=O)c4)c(=O)oc3c2C)OC1(C)C. The normalized spacial score (nSPS) is 19.8. The van der Waals surface area contributed by atoms with Crippen molar-refractivity contribution < 1.29 is 53.1 Å². The first-order valence-electron chi connectivity index (χ1n) is 15.7. The smallest absolute Gasteiger partial charge is 0.404 e. The number of benzene rings is 2. The number of carbonyl (C=O) groups excluding carboxylic acids is 3. The van der Waals surface area contributed by atoms with Crippen LogP contribution in [-0.2, 0) is 32.0 Å². The number of allylic oxidation sites excluding steroid dienone is 2. The number of methoxy groups -OCH3 is 1. The van der Waals surface area contributed by atoms with Gasteiger partial charge in [-0.25, -0.2) is 9.59 Å². The molecule has 4 rings (SSSR count). The Bertz CT molecular complexity index is 1900. The summed E-state index contributed by atoms with van der Waals surface area (Å²) in [6, 6.07) is 5.69. The molecule has 0 unspecified atom stereocenters. The van der Waals surface area contributed by atoms with E-state index < -0.39 is 59.3 Å². The predicted octanol–water partition coefficient (Wildman–Crippen LogP) is 3.61. The van der Waals surface area contributed by atoms with Crippen molar-refractivity contribution in [2.24, 2.45) is 5.73 Å². The van der Waals surface area contributed by atoms with Crippen LogP contribution in [0.25, 0.3) is 11.0 Å². The molecule has 15 nitrogen and oxygen atoms in total. The van der Waals surface area contributed by atoms with E-state index in [9.17, 15) is 34.5 Å². The summed E-state index contributed by atoms with van der Waals surface area (Å²) in [4.78, 5) is 51.5. The Kier molecular flexibility index (Phi) is 11.1. The molecule has 1 aliphatic heterocycles. The standard InChI is InChI=1S/C35H43N3O12/c1-16(2)9-10-19-13-20(14-21(25(19)40)15-38(7)18(4)39)31(43)37-24-26(41)22-11-12-23(17(3)28(22)48-32(24)44)47-33-27(42)29(49-34(36)45)30(46-8)35(5,6)50-33/h9,11-14,27,29-30,33,40-42H,10,15H2,1-8H3,(H2,36,45)(H,37,43)/t27-,29+,30-,33-/m1/s1. The number of phenolic OH excluding ortho intramolecular Hbond substituents is 1. The number of hydrogen-bond donors (Lipinski definition) is 5. The third-order valence-corrected chi connectivity index (χ3v) is 8.46. The third kappa shape index (κ3) is 7.85. The summed E-state index contributed by atoms with van der Waals surface area (Å²) >= 11 is 0. The van der Waals surface area contributed by atoms with Gasteiger partial charge in [-0.1, -0.05) is 11.6 Å². The number of aromatic hydroxyl groups is 2. The van der Waals surface area contributed by atoms with Crippen LogP contribution in [0, 0.1) is 6.92 Å². The first kappa shape index (κ1) is 37.7. The van der Waals surface area contributed by atoms with Crippen molar-refractivity contribution in [1.29, 1.82) is 0 Å². The molecule has 50 heavy (non-hydrogen) atoms. The maximum absolute atomic E-state index is 13.5. The van der Waals surface area contributed by atoms with Gasteiger partial charge in [0.1, 0.15) is 23.2 Å². The van der Waals surface area contributed by atoms with Crippen LogP contribution < -0.4 is 21.4 Å². The maximum Gasteiger partial charge on any atom is 0.404 e. The monoisotopic (exact) mass is 697 g/mol. The van der Waals surface area contributed by atoms with Crippen LogP contribution in [0.5, 0.6) is 17.2 Å². The summed E-state index contributed by atoms with van der Waals surface area (Å²) in [5, 5.41) is 35.6. The minimum Gasteiger partial charge on any atom is -0.507 e. The average Bonchev–Trinajstić information content (AvgIpc) is 3.02. The summed E-state index contributed by atoms with van der Waals surface area (Å²) in [6.45, 7) is 10.00. The number of anilines is 1. The number of ether oxygens (including phenoxy) is 4. The van der Waals surface area contributed by atoms with Gasteiger partial charge in [0.05, 0.1) is 11.0 Å². The number of aryl methyl sites for hydroxylation is 1. The zero-order valence-corrected chi connectivity index (χ0v) is 29.2. The molecule has 2 aromatic carbocycles. The lowest BCUT2D eigenvalue weighted by Crippen LogP contribution is -2.65. The van der Waals surface area contributed by atoms with Gasteiger partial charge in [-0.2, -0.15) is 0 Å². The molecule has 0 spiro atoms. The number of fused-ring (bicyclic) bond motifs is 1. The van der Waals surface area contributed by atoms with Crippen molar-refractivity contribution in [3.05, 3.63) is 68.6 Å².